The fourth-order valence-electron chi connectivity index (χ4n) is 2.05. The second-order valence-corrected chi connectivity index (χ2v) is 4.87. The van der Waals surface area contributed by atoms with E-state index in [1.807, 2.05) is 13.0 Å². The Hall–Kier alpha value is -2.47. The highest BCUT2D eigenvalue weighted by atomic mass is 35.5. The number of benzene rings is 1. The Morgan fingerprint density at radius 2 is 2.05 bits per heavy atom. The molecule has 0 saturated carbocycles. The van der Waals surface area contributed by atoms with Gasteiger partial charge in [-0.1, -0.05) is 17.7 Å². The van der Waals surface area contributed by atoms with E-state index < -0.39 is 0 Å². The molecule has 0 saturated heterocycles. The highest BCUT2D eigenvalue weighted by Gasteiger charge is 2.14. The average Bonchev–Trinajstić information content (AvgIpc) is 2.43. The summed E-state index contributed by atoms with van der Waals surface area (Å²) in [5.74, 6) is -0.768. The van der Waals surface area contributed by atoms with Crippen LogP contribution in [0.1, 0.15) is 11.1 Å². The summed E-state index contributed by atoms with van der Waals surface area (Å²) in [5, 5.41) is 9.81. The molecule has 0 bridgehead atoms. The maximum absolute atomic E-state index is 11.8. The summed E-state index contributed by atoms with van der Waals surface area (Å²) in [6, 6.07) is 3.59. The molecule has 0 radical (unpaired) electrons. The third-order valence-corrected chi connectivity index (χ3v) is 3.38. The molecule has 0 atom stereocenters. The van der Waals surface area contributed by atoms with Crippen molar-refractivity contribution in [1.29, 1.82) is 5.41 Å². The van der Waals surface area contributed by atoms with Gasteiger partial charge in [-0.05, 0) is 29.7 Å². The maximum Gasteiger partial charge on any atom is 0.231 e. The molecule has 1 aromatic heterocycles. The molecule has 0 spiro atoms. The van der Waals surface area contributed by atoms with Crippen LogP contribution in [0.15, 0.2) is 30.9 Å². The van der Waals surface area contributed by atoms with E-state index in [0.29, 0.717) is 10.6 Å². The molecule has 6 nitrogen and oxygen atoms in total. The predicted octanol–water partition coefficient (Wildman–Crippen LogP) is 1.66. The first-order valence-corrected chi connectivity index (χ1v) is 6.54. The lowest BCUT2D eigenvalue weighted by Gasteiger charge is -2.13. The van der Waals surface area contributed by atoms with E-state index in [9.17, 15) is 4.79 Å². The smallest absolute Gasteiger partial charge is 0.231 e. The number of nitrogens with one attached hydrogen (secondary N) is 2. The molecule has 2 rings (SSSR count). The van der Waals surface area contributed by atoms with Crippen LogP contribution in [0.4, 0.5) is 0 Å². The number of nitrogens with zero attached hydrogens (tertiary/aromatic N) is 2. The topological polar surface area (TPSA) is 105 Å². The number of amides is 1. The minimum atomic E-state index is -0.388. The van der Waals surface area contributed by atoms with Gasteiger partial charge in [0.1, 0.15) is 6.33 Å². The lowest BCUT2D eigenvalue weighted by molar-refractivity contribution is -0.119. The monoisotopic (exact) mass is 303 g/mol. The fraction of sp³-hybridized carbons (Fsp3) is 0.143. The number of aromatic nitrogens is 2. The Morgan fingerprint density at radius 3 is 2.67 bits per heavy atom. The van der Waals surface area contributed by atoms with Gasteiger partial charge in [0, 0.05) is 23.0 Å². The minimum Gasteiger partial charge on any atom is -0.370 e. The van der Waals surface area contributed by atoms with Crippen molar-refractivity contribution >= 4 is 23.5 Å². The van der Waals surface area contributed by atoms with Crippen molar-refractivity contribution in [2.24, 2.45) is 5.73 Å². The van der Waals surface area contributed by atoms with Crippen LogP contribution in [0.3, 0.4) is 0 Å². The SMILES string of the molecule is Cc1c(-c2cncnc2)ccc(Cl)c1CC(=O)NC(=N)N. The van der Waals surface area contributed by atoms with E-state index in [0.717, 1.165) is 16.7 Å². The molecule has 4 N–H and O–H groups in total. The van der Waals surface area contributed by atoms with Gasteiger partial charge in [-0.3, -0.25) is 15.5 Å². The second kappa shape index (κ2) is 6.32. The lowest BCUT2D eigenvalue weighted by Crippen LogP contribution is -2.36. The van der Waals surface area contributed by atoms with Crippen molar-refractivity contribution in [3.05, 3.63) is 47.0 Å². The number of carbonyl (C=O) groups excluding carboxylic acids is 1. The predicted molar refractivity (Wildman–Crippen MR) is 81.0 cm³/mol. The van der Waals surface area contributed by atoms with E-state index in [-0.39, 0.29) is 18.3 Å². The normalized spacial score (nSPS) is 10.2. The highest BCUT2D eigenvalue weighted by Crippen LogP contribution is 2.29. The molecule has 0 aliphatic carbocycles. The summed E-state index contributed by atoms with van der Waals surface area (Å²) >= 11 is 6.17. The van der Waals surface area contributed by atoms with Crippen LogP contribution in [0.5, 0.6) is 0 Å². The van der Waals surface area contributed by atoms with Gasteiger partial charge in [0.15, 0.2) is 5.96 Å². The third kappa shape index (κ3) is 3.55. The Bertz CT molecular complexity index is 687. The minimum absolute atomic E-state index is 0.0474. The summed E-state index contributed by atoms with van der Waals surface area (Å²) < 4.78 is 0. The molecule has 0 aliphatic rings. The quantitative estimate of drug-likeness (QED) is 0.592. The zero-order valence-corrected chi connectivity index (χ0v) is 12.1. The number of hydrogen-bond acceptors (Lipinski definition) is 4. The van der Waals surface area contributed by atoms with Crippen molar-refractivity contribution < 1.29 is 4.79 Å². The van der Waals surface area contributed by atoms with Crippen LogP contribution in [-0.2, 0) is 11.2 Å². The number of nitrogens with two attached hydrogens (primary N) is 1. The Kier molecular flexibility index (Phi) is 4.49. The van der Waals surface area contributed by atoms with E-state index in [4.69, 9.17) is 22.7 Å². The first-order chi connectivity index (χ1) is 9.99. The van der Waals surface area contributed by atoms with Crippen molar-refractivity contribution in [3.63, 3.8) is 0 Å². The summed E-state index contributed by atoms with van der Waals surface area (Å²) in [6.07, 6.45) is 4.90. The molecule has 21 heavy (non-hydrogen) atoms. The summed E-state index contributed by atoms with van der Waals surface area (Å²) in [7, 11) is 0. The molecular weight excluding hydrogens is 290 g/mol. The van der Waals surface area contributed by atoms with Gasteiger partial charge in [-0.25, -0.2) is 9.97 Å². The van der Waals surface area contributed by atoms with Crippen LogP contribution in [0.25, 0.3) is 11.1 Å². The van der Waals surface area contributed by atoms with Crippen molar-refractivity contribution in [3.8, 4) is 11.1 Å². The maximum atomic E-state index is 11.8. The molecule has 0 fully saturated rings. The van der Waals surface area contributed by atoms with Gasteiger partial charge in [-0.2, -0.15) is 0 Å². The number of rotatable bonds is 3. The summed E-state index contributed by atoms with van der Waals surface area (Å²) in [4.78, 5) is 19.7. The van der Waals surface area contributed by atoms with Gasteiger partial charge >= 0.3 is 0 Å². The van der Waals surface area contributed by atoms with Gasteiger partial charge in [0.25, 0.3) is 0 Å². The van der Waals surface area contributed by atoms with Crippen LogP contribution < -0.4 is 11.1 Å². The van der Waals surface area contributed by atoms with Crippen LogP contribution in [0.2, 0.25) is 5.02 Å². The number of guanidine groups is 1. The average molecular weight is 304 g/mol. The van der Waals surface area contributed by atoms with Crippen LogP contribution >= 0.6 is 11.6 Å². The molecule has 7 heteroatoms. The number of carbonyl (C=O) groups is 1. The Morgan fingerprint density at radius 1 is 1.38 bits per heavy atom. The van der Waals surface area contributed by atoms with Crippen LogP contribution in [0, 0.1) is 12.3 Å². The Labute approximate surface area is 126 Å². The molecule has 0 unspecified atom stereocenters. The van der Waals surface area contributed by atoms with Crippen molar-refractivity contribution in [2.45, 2.75) is 13.3 Å². The first kappa shape index (κ1) is 14.9. The van der Waals surface area contributed by atoms with E-state index in [1.54, 1.807) is 18.5 Å². The van der Waals surface area contributed by atoms with E-state index >= 15 is 0 Å². The fourth-order valence-corrected chi connectivity index (χ4v) is 2.32. The van der Waals surface area contributed by atoms with Gasteiger partial charge in [-0.15, -0.1) is 0 Å². The number of halogens is 1. The van der Waals surface area contributed by atoms with Crippen molar-refractivity contribution in [2.75, 3.05) is 0 Å². The zero-order valence-electron chi connectivity index (χ0n) is 11.4. The third-order valence-electron chi connectivity index (χ3n) is 3.02. The van der Waals surface area contributed by atoms with Crippen LogP contribution in [-0.4, -0.2) is 21.8 Å². The number of hydrogen-bond donors (Lipinski definition) is 3. The largest absolute Gasteiger partial charge is 0.370 e. The Balaban J connectivity index is 2.38. The molecule has 1 aromatic carbocycles. The highest BCUT2D eigenvalue weighted by molar-refractivity contribution is 6.31. The first-order valence-electron chi connectivity index (χ1n) is 6.16. The summed E-state index contributed by atoms with van der Waals surface area (Å²) in [6.45, 7) is 1.88. The van der Waals surface area contributed by atoms with Gasteiger partial charge < -0.3 is 5.73 Å². The molecular formula is C14H14ClN5O. The van der Waals surface area contributed by atoms with E-state index in [1.165, 1.54) is 6.33 Å². The van der Waals surface area contributed by atoms with Gasteiger partial charge in [0.2, 0.25) is 5.91 Å². The molecule has 2 aromatic rings. The van der Waals surface area contributed by atoms with Crippen molar-refractivity contribution in [1.82, 2.24) is 15.3 Å². The molecule has 1 heterocycles. The standard InChI is InChI=1S/C14H14ClN5O/c1-8-10(9-5-18-7-19-6-9)2-3-12(15)11(8)4-13(21)20-14(16)17/h2-3,5-7H,4H2,1H3,(H4,16,17,20,21). The molecule has 1 amide bonds. The molecule has 0 aliphatic heterocycles. The molecule has 108 valence electrons. The zero-order chi connectivity index (χ0) is 15.4. The summed E-state index contributed by atoms with van der Waals surface area (Å²) in [5.41, 5.74) is 8.46. The second-order valence-electron chi connectivity index (χ2n) is 4.46. The van der Waals surface area contributed by atoms with E-state index in [2.05, 4.69) is 15.3 Å². The van der Waals surface area contributed by atoms with Gasteiger partial charge in [0.05, 0.1) is 6.42 Å². The lowest BCUT2D eigenvalue weighted by atomic mass is 9.96.